The molecule has 1 aliphatic rings. The molecule has 0 bridgehead atoms. The molecule has 1 fully saturated rings. The molecular formula is C20H33F3IN5. The zero-order valence-corrected chi connectivity index (χ0v) is 19.9. The second-order valence-electron chi connectivity index (χ2n) is 7.51. The van der Waals surface area contributed by atoms with Gasteiger partial charge in [0.05, 0.1) is 12.6 Å². The van der Waals surface area contributed by atoms with Gasteiger partial charge in [0.15, 0.2) is 5.96 Å². The van der Waals surface area contributed by atoms with Gasteiger partial charge in [-0.2, -0.15) is 13.2 Å². The van der Waals surface area contributed by atoms with E-state index >= 15 is 0 Å². The smallest absolute Gasteiger partial charge is 0.354 e. The zero-order chi connectivity index (χ0) is 20.7. The average Bonchev–Trinajstić information content (AvgIpc) is 3.06. The van der Waals surface area contributed by atoms with E-state index in [1.807, 2.05) is 14.1 Å². The van der Waals surface area contributed by atoms with Gasteiger partial charge in [-0.25, -0.2) is 0 Å². The number of aliphatic imine (C=N–C) groups is 1. The van der Waals surface area contributed by atoms with Gasteiger partial charge < -0.3 is 15.5 Å². The molecule has 0 saturated carbocycles. The van der Waals surface area contributed by atoms with Crippen LogP contribution in [0.15, 0.2) is 29.3 Å². The van der Waals surface area contributed by atoms with Crippen LogP contribution in [0.2, 0.25) is 0 Å². The fraction of sp³-hybridized carbons (Fsp3) is 0.650. The fourth-order valence-electron chi connectivity index (χ4n) is 3.50. The minimum absolute atomic E-state index is 0. The first kappa shape index (κ1) is 26.0. The third kappa shape index (κ3) is 8.67. The van der Waals surface area contributed by atoms with Gasteiger partial charge in [0, 0.05) is 32.7 Å². The molecule has 9 heteroatoms. The topological polar surface area (TPSA) is 42.9 Å². The fourth-order valence-corrected chi connectivity index (χ4v) is 3.50. The maximum Gasteiger partial charge on any atom is 0.401 e. The molecule has 2 unspecified atom stereocenters. The minimum Gasteiger partial charge on any atom is -0.354 e. The number of halogens is 4. The van der Waals surface area contributed by atoms with Gasteiger partial charge in [0.25, 0.3) is 0 Å². The lowest BCUT2D eigenvalue weighted by atomic mass is 10.0. The van der Waals surface area contributed by atoms with Crippen LogP contribution in [-0.4, -0.2) is 75.3 Å². The second-order valence-corrected chi connectivity index (χ2v) is 7.51. The van der Waals surface area contributed by atoms with Crippen LogP contribution in [0, 0.1) is 0 Å². The van der Waals surface area contributed by atoms with Crippen molar-refractivity contribution in [1.29, 1.82) is 0 Å². The SMILES string of the molecule is CCc1ccc(C(CNC(=NC)NC2CCN(CC(F)(F)F)C2)N(C)C)cc1.I. The van der Waals surface area contributed by atoms with Gasteiger partial charge in [-0.05, 0) is 38.1 Å². The Balaban J connectivity index is 0.00000420. The van der Waals surface area contributed by atoms with Gasteiger partial charge in [0.1, 0.15) is 0 Å². The van der Waals surface area contributed by atoms with Crippen LogP contribution < -0.4 is 10.6 Å². The largest absolute Gasteiger partial charge is 0.401 e. The van der Waals surface area contributed by atoms with Crippen LogP contribution in [0.3, 0.4) is 0 Å². The van der Waals surface area contributed by atoms with Gasteiger partial charge >= 0.3 is 6.18 Å². The first-order chi connectivity index (χ1) is 13.2. The number of benzene rings is 1. The quantitative estimate of drug-likeness (QED) is 0.325. The summed E-state index contributed by atoms with van der Waals surface area (Å²) in [6.45, 7) is 2.74. The van der Waals surface area contributed by atoms with Gasteiger partial charge in [-0.1, -0.05) is 31.2 Å². The lowest BCUT2D eigenvalue weighted by Crippen LogP contribution is -2.47. The summed E-state index contributed by atoms with van der Waals surface area (Å²) in [5.41, 5.74) is 2.51. The third-order valence-corrected chi connectivity index (χ3v) is 5.10. The van der Waals surface area contributed by atoms with E-state index in [1.54, 1.807) is 7.05 Å². The molecule has 1 aromatic carbocycles. The Morgan fingerprint density at radius 2 is 1.93 bits per heavy atom. The molecule has 1 aromatic rings. The van der Waals surface area contributed by atoms with E-state index in [0.29, 0.717) is 32.0 Å². The Labute approximate surface area is 189 Å². The number of hydrogen-bond acceptors (Lipinski definition) is 3. The predicted octanol–water partition coefficient (Wildman–Crippen LogP) is 3.27. The third-order valence-electron chi connectivity index (χ3n) is 5.10. The summed E-state index contributed by atoms with van der Waals surface area (Å²) in [7, 11) is 5.74. The Bertz CT molecular complexity index is 634. The van der Waals surface area contributed by atoms with Crippen LogP contribution in [0.1, 0.15) is 30.5 Å². The molecule has 29 heavy (non-hydrogen) atoms. The number of likely N-dealkylation sites (N-methyl/N-ethyl adjacent to an activating group) is 1. The van der Waals surface area contributed by atoms with Crippen molar-refractivity contribution < 1.29 is 13.2 Å². The Kier molecular flexibility index (Phi) is 10.7. The lowest BCUT2D eigenvalue weighted by Gasteiger charge is -2.27. The van der Waals surface area contributed by atoms with Crippen molar-refractivity contribution in [1.82, 2.24) is 20.4 Å². The van der Waals surface area contributed by atoms with E-state index in [0.717, 1.165) is 6.42 Å². The first-order valence-corrected chi connectivity index (χ1v) is 9.73. The number of aryl methyl sites for hydroxylation is 1. The summed E-state index contributed by atoms with van der Waals surface area (Å²) in [6, 6.07) is 8.71. The van der Waals surface area contributed by atoms with Crippen molar-refractivity contribution in [2.24, 2.45) is 4.99 Å². The van der Waals surface area contributed by atoms with Crippen molar-refractivity contribution in [2.75, 3.05) is 47.3 Å². The van der Waals surface area contributed by atoms with Crippen molar-refractivity contribution >= 4 is 29.9 Å². The van der Waals surface area contributed by atoms with Crippen LogP contribution >= 0.6 is 24.0 Å². The first-order valence-electron chi connectivity index (χ1n) is 9.73. The Morgan fingerprint density at radius 1 is 1.28 bits per heavy atom. The average molecular weight is 527 g/mol. The highest BCUT2D eigenvalue weighted by atomic mass is 127. The van der Waals surface area contributed by atoms with Crippen molar-refractivity contribution in [3.8, 4) is 0 Å². The summed E-state index contributed by atoms with van der Waals surface area (Å²) in [5.74, 6) is 0.621. The molecule has 2 atom stereocenters. The van der Waals surface area contributed by atoms with E-state index in [-0.39, 0.29) is 36.1 Å². The van der Waals surface area contributed by atoms with E-state index < -0.39 is 12.7 Å². The molecule has 5 nitrogen and oxygen atoms in total. The molecule has 2 N–H and O–H groups in total. The van der Waals surface area contributed by atoms with E-state index in [4.69, 9.17) is 0 Å². The number of nitrogens with one attached hydrogen (secondary N) is 2. The lowest BCUT2D eigenvalue weighted by molar-refractivity contribution is -0.143. The van der Waals surface area contributed by atoms with Crippen LogP contribution in [0.5, 0.6) is 0 Å². The highest BCUT2D eigenvalue weighted by Gasteiger charge is 2.34. The van der Waals surface area contributed by atoms with Crippen LogP contribution in [0.4, 0.5) is 13.2 Å². The Hall–Kier alpha value is -1.07. The monoisotopic (exact) mass is 527 g/mol. The van der Waals surface area contributed by atoms with Crippen molar-refractivity contribution in [2.45, 2.75) is 38.0 Å². The second kappa shape index (κ2) is 11.9. The molecule has 0 radical (unpaired) electrons. The maximum absolute atomic E-state index is 12.6. The summed E-state index contributed by atoms with van der Waals surface area (Å²) < 4.78 is 37.7. The summed E-state index contributed by atoms with van der Waals surface area (Å²) in [6.07, 6.45) is -2.47. The Morgan fingerprint density at radius 3 is 2.45 bits per heavy atom. The molecule has 0 spiro atoms. The summed E-state index contributed by atoms with van der Waals surface area (Å²) >= 11 is 0. The van der Waals surface area contributed by atoms with Crippen LogP contribution in [-0.2, 0) is 6.42 Å². The number of nitrogens with zero attached hydrogens (tertiary/aromatic N) is 3. The number of guanidine groups is 1. The van der Waals surface area contributed by atoms with Gasteiger partial charge in [-0.3, -0.25) is 9.89 Å². The molecule has 0 aliphatic carbocycles. The highest BCUT2D eigenvalue weighted by Crippen LogP contribution is 2.20. The van der Waals surface area contributed by atoms with Crippen molar-refractivity contribution in [3.05, 3.63) is 35.4 Å². The van der Waals surface area contributed by atoms with E-state index in [9.17, 15) is 13.2 Å². The highest BCUT2D eigenvalue weighted by molar-refractivity contribution is 14.0. The number of rotatable bonds is 7. The summed E-state index contributed by atoms with van der Waals surface area (Å²) in [5, 5.41) is 6.58. The van der Waals surface area contributed by atoms with E-state index in [1.165, 1.54) is 16.0 Å². The summed E-state index contributed by atoms with van der Waals surface area (Å²) in [4.78, 5) is 7.81. The standard InChI is InChI=1S/C20H32F3N5.HI/c1-5-15-6-8-16(9-7-15)18(27(3)4)12-25-19(24-2)26-17-10-11-28(13-17)14-20(21,22)23;/h6-9,17-18H,5,10-14H2,1-4H3,(H2,24,25,26);1H. The van der Waals surface area contributed by atoms with Crippen LogP contribution in [0.25, 0.3) is 0 Å². The van der Waals surface area contributed by atoms with Crippen molar-refractivity contribution in [3.63, 3.8) is 0 Å². The molecule has 1 heterocycles. The number of likely N-dealkylation sites (tertiary alicyclic amines) is 1. The minimum atomic E-state index is -4.15. The molecule has 1 aliphatic heterocycles. The van der Waals surface area contributed by atoms with E-state index in [2.05, 4.69) is 51.7 Å². The zero-order valence-electron chi connectivity index (χ0n) is 17.6. The maximum atomic E-state index is 12.6. The normalized spacial score (nSPS) is 19.2. The molecular weight excluding hydrogens is 494 g/mol. The molecule has 0 amide bonds. The number of hydrogen-bond donors (Lipinski definition) is 2. The molecule has 166 valence electrons. The predicted molar refractivity (Wildman–Crippen MR) is 123 cm³/mol. The molecule has 1 saturated heterocycles. The molecule has 0 aromatic heterocycles. The molecule has 2 rings (SSSR count). The van der Waals surface area contributed by atoms with Gasteiger partial charge in [-0.15, -0.1) is 24.0 Å². The number of alkyl halides is 3. The van der Waals surface area contributed by atoms with Gasteiger partial charge in [0.2, 0.25) is 0 Å².